The van der Waals surface area contributed by atoms with Crippen molar-refractivity contribution in [2.75, 3.05) is 0 Å². The van der Waals surface area contributed by atoms with Crippen LogP contribution in [-0.4, -0.2) is 20.3 Å². The van der Waals surface area contributed by atoms with Gasteiger partial charge >= 0.3 is 0 Å². The van der Waals surface area contributed by atoms with Gasteiger partial charge in [-0.1, -0.05) is 13.0 Å². The van der Waals surface area contributed by atoms with Crippen LogP contribution in [0.2, 0.25) is 0 Å². The predicted octanol–water partition coefficient (Wildman–Crippen LogP) is 0.884. The zero-order valence-electron chi connectivity index (χ0n) is 5.79. The fourth-order valence-corrected chi connectivity index (χ4v) is 0.713. The number of hydrogen-bond donors (Lipinski definition) is 1. The fourth-order valence-electron chi connectivity index (χ4n) is 0.391. The molecule has 0 aromatic heterocycles. The van der Waals surface area contributed by atoms with Crippen molar-refractivity contribution in [3.05, 3.63) is 12.3 Å². The number of rotatable bonds is 4. The zero-order chi connectivity index (χ0) is 7.11. The molecule has 0 heterocycles. The Morgan fingerprint density at radius 3 is 2.78 bits per heavy atom. The van der Waals surface area contributed by atoms with Crippen LogP contribution in [0.15, 0.2) is 12.3 Å². The molecule has 0 rings (SSSR count). The van der Waals surface area contributed by atoms with E-state index in [9.17, 15) is 0 Å². The minimum Gasteiger partial charge on any atom is -0.500 e. The summed E-state index contributed by atoms with van der Waals surface area (Å²) in [4.78, 5) is 8.62. The van der Waals surface area contributed by atoms with Crippen LogP contribution in [0.3, 0.4) is 0 Å². The SMILES string of the molecule is C/C=C/OC(CC)[Si]O. The summed E-state index contributed by atoms with van der Waals surface area (Å²) in [7, 11) is -0.115. The minimum atomic E-state index is -0.115. The molecule has 1 atom stereocenters. The van der Waals surface area contributed by atoms with Crippen molar-refractivity contribution in [2.45, 2.75) is 26.0 Å². The Labute approximate surface area is 58.5 Å². The largest absolute Gasteiger partial charge is 0.500 e. The molecular formula is C6H12O2Si. The van der Waals surface area contributed by atoms with Crippen LogP contribution in [0.4, 0.5) is 0 Å². The van der Waals surface area contributed by atoms with Gasteiger partial charge in [0.1, 0.15) is 5.73 Å². The van der Waals surface area contributed by atoms with Gasteiger partial charge in [-0.2, -0.15) is 0 Å². The van der Waals surface area contributed by atoms with E-state index in [0.717, 1.165) is 6.42 Å². The summed E-state index contributed by atoms with van der Waals surface area (Å²) in [6.45, 7) is 3.87. The van der Waals surface area contributed by atoms with Gasteiger partial charge in [0.05, 0.1) is 6.26 Å². The second kappa shape index (κ2) is 5.85. The van der Waals surface area contributed by atoms with Gasteiger partial charge < -0.3 is 9.53 Å². The van der Waals surface area contributed by atoms with Crippen molar-refractivity contribution in [3.8, 4) is 0 Å². The third-order valence-electron chi connectivity index (χ3n) is 0.894. The van der Waals surface area contributed by atoms with E-state index in [1.807, 2.05) is 19.9 Å². The molecule has 0 saturated carbocycles. The maximum Gasteiger partial charge on any atom is 0.273 e. The molecule has 0 amide bonds. The summed E-state index contributed by atoms with van der Waals surface area (Å²) in [5, 5.41) is 0. The first-order valence-corrected chi connectivity index (χ1v) is 4.03. The fraction of sp³-hybridized carbons (Fsp3) is 0.667. The number of allylic oxidation sites excluding steroid dienone is 1. The monoisotopic (exact) mass is 144 g/mol. The van der Waals surface area contributed by atoms with Crippen LogP contribution in [0.1, 0.15) is 20.3 Å². The highest BCUT2D eigenvalue weighted by atomic mass is 28.2. The lowest BCUT2D eigenvalue weighted by molar-refractivity contribution is 0.196. The van der Waals surface area contributed by atoms with E-state index < -0.39 is 0 Å². The Bertz CT molecular complexity index is 79.1. The van der Waals surface area contributed by atoms with Crippen molar-refractivity contribution in [1.82, 2.24) is 0 Å². The number of hydrogen-bond acceptors (Lipinski definition) is 2. The summed E-state index contributed by atoms with van der Waals surface area (Å²) >= 11 is 0. The van der Waals surface area contributed by atoms with Gasteiger partial charge in [-0.3, -0.25) is 0 Å². The van der Waals surface area contributed by atoms with Crippen LogP contribution < -0.4 is 0 Å². The molecule has 52 valence electrons. The van der Waals surface area contributed by atoms with Gasteiger partial charge in [-0.15, -0.1) is 0 Å². The normalized spacial score (nSPS) is 14.1. The van der Waals surface area contributed by atoms with Gasteiger partial charge in [0.2, 0.25) is 0 Å². The molecule has 0 aromatic carbocycles. The molecule has 1 N–H and O–H groups in total. The summed E-state index contributed by atoms with van der Waals surface area (Å²) in [5.41, 5.74) is 0.00111. The molecule has 0 fully saturated rings. The molecule has 3 heteroatoms. The van der Waals surface area contributed by atoms with Crippen LogP contribution in [-0.2, 0) is 4.74 Å². The van der Waals surface area contributed by atoms with Gasteiger partial charge in [0.15, 0.2) is 0 Å². The lowest BCUT2D eigenvalue weighted by atomic mass is 10.5. The Hall–Kier alpha value is -0.283. The molecule has 0 spiro atoms. The molecule has 2 radical (unpaired) electrons. The standard InChI is InChI=1S/C6H12O2Si/c1-3-5-8-6(4-2)9-7/h3,5-7H,4H2,1-2H3/b5-3+. The quantitative estimate of drug-likeness (QED) is 0.469. The van der Waals surface area contributed by atoms with Crippen LogP contribution >= 0.6 is 0 Å². The lowest BCUT2D eigenvalue weighted by Crippen LogP contribution is -2.16. The molecule has 0 aliphatic heterocycles. The zero-order valence-corrected chi connectivity index (χ0v) is 6.79. The highest BCUT2D eigenvalue weighted by Gasteiger charge is 2.03. The first-order valence-electron chi connectivity index (χ1n) is 3.01. The molecule has 0 aromatic rings. The average molecular weight is 144 g/mol. The van der Waals surface area contributed by atoms with Gasteiger partial charge in [-0.25, -0.2) is 0 Å². The van der Waals surface area contributed by atoms with Crippen molar-refractivity contribution < 1.29 is 9.53 Å². The smallest absolute Gasteiger partial charge is 0.273 e. The summed E-state index contributed by atoms with van der Waals surface area (Å²) < 4.78 is 5.07. The van der Waals surface area contributed by atoms with Crippen molar-refractivity contribution in [1.29, 1.82) is 0 Å². The number of ether oxygens (including phenoxy) is 1. The van der Waals surface area contributed by atoms with E-state index in [1.165, 1.54) is 0 Å². The Morgan fingerprint density at radius 1 is 1.78 bits per heavy atom. The van der Waals surface area contributed by atoms with Crippen molar-refractivity contribution in [2.24, 2.45) is 0 Å². The third kappa shape index (κ3) is 4.24. The second-order valence-corrected chi connectivity index (χ2v) is 2.53. The van der Waals surface area contributed by atoms with Gasteiger partial charge in [0, 0.05) is 0 Å². The van der Waals surface area contributed by atoms with E-state index in [1.54, 1.807) is 6.26 Å². The Morgan fingerprint density at radius 2 is 2.44 bits per heavy atom. The molecular weight excluding hydrogens is 132 g/mol. The molecule has 9 heavy (non-hydrogen) atoms. The molecule has 0 bridgehead atoms. The summed E-state index contributed by atoms with van der Waals surface area (Å²) in [5.74, 6) is 0. The first kappa shape index (κ1) is 8.72. The molecule has 0 saturated heterocycles. The Balaban J connectivity index is 3.31. The van der Waals surface area contributed by atoms with Crippen molar-refractivity contribution in [3.63, 3.8) is 0 Å². The molecule has 1 unspecified atom stereocenters. The van der Waals surface area contributed by atoms with Crippen LogP contribution in [0, 0.1) is 0 Å². The predicted molar refractivity (Wildman–Crippen MR) is 38.0 cm³/mol. The molecule has 0 aliphatic rings. The third-order valence-corrected chi connectivity index (χ3v) is 1.73. The average Bonchev–Trinajstić information content (AvgIpc) is 1.91. The minimum absolute atomic E-state index is 0.00111. The lowest BCUT2D eigenvalue weighted by Gasteiger charge is -2.07. The Kier molecular flexibility index (Phi) is 5.66. The highest BCUT2D eigenvalue weighted by molar-refractivity contribution is 6.27. The van der Waals surface area contributed by atoms with Crippen molar-refractivity contribution >= 4 is 9.76 Å². The van der Waals surface area contributed by atoms with E-state index in [-0.39, 0.29) is 15.5 Å². The topological polar surface area (TPSA) is 29.5 Å². The molecule has 2 nitrogen and oxygen atoms in total. The van der Waals surface area contributed by atoms with E-state index in [2.05, 4.69) is 0 Å². The highest BCUT2D eigenvalue weighted by Crippen LogP contribution is 1.94. The van der Waals surface area contributed by atoms with Crippen LogP contribution in [0.5, 0.6) is 0 Å². The molecule has 0 aliphatic carbocycles. The van der Waals surface area contributed by atoms with Gasteiger partial charge in [0.25, 0.3) is 9.76 Å². The maximum atomic E-state index is 8.62. The van der Waals surface area contributed by atoms with E-state index >= 15 is 0 Å². The van der Waals surface area contributed by atoms with E-state index in [0.29, 0.717) is 0 Å². The summed E-state index contributed by atoms with van der Waals surface area (Å²) in [6.07, 6.45) is 4.28. The van der Waals surface area contributed by atoms with Gasteiger partial charge in [-0.05, 0) is 13.3 Å². The second-order valence-electron chi connectivity index (χ2n) is 1.63. The van der Waals surface area contributed by atoms with Crippen LogP contribution in [0.25, 0.3) is 0 Å². The first-order chi connectivity index (χ1) is 4.35. The maximum absolute atomic E-state index is 8.62. The summed E-state index contributed by atoms with van der Waals surface area (Å²) in [6, 6.07) is 0. The van der Waals surface area contributed by atoms with E-state index in [4.69, 9.17) is 9.53 Å².